The smallest absolute Gasteiger partial charge is 0.159 e. The summed E-state index contributed by atoms with van der Waals surface area (Å²) >= 11 is 0. The molecule has 3 nitrogen and oxygen atoms in total. The third-order valence-corrected chi connectivity index (χ3v) is 10.7. The number of fused-ring (bicyclic) bond motifs is 9. The minimum atomic E-state index is 0.854. The van der Waals surface area contributed by atoms with Gasteiger partial charge in [-0.15, -0.1) is 0 Å². The Morgan fingerprint density at radius 2 is 0.981 bits per heavy atom. The molecule has 0 aliphatic carbocycles. The molecule has 2 aromatic heterocycles. The molecule has 0 radical (unpaired) electrons. The molecule has 0 bridgehead atoms. The molecule has 0 unspecified atom stereocenters. The first-order valence-corrected chi connectivity index (χ1v) is 18.0. The lowest BCUT2D eigenvalue weighted by Gasteiger charge is -2.26. The number of benzene rings is 9. The van der Waals surface area contributed by atoms with Crippen LogP contribution in [-0.4, -0.2) is 0 Å². The fourth-order valence-electron chi connectivity index (χ4n) is 8.21. The molecule has 9 aromatic carbocycles. The van der Waals surface area contributed by atoms with E-state index >= 15 is 0 Å². The van der Waals surface area contributed by atoms with Gasteiger partial charge >= 0.3 is 0 Å². The normalized spacial score (nSPS) is 11.8. The van der Waals surface area contributed by atoms with Gasteiger partial charge in [0.15, 0.2) is 5.58 Å². The molecule has 0 fully saturated rings. The van der Waals surface area contributed by atoms with Crippen molar-refractivity contribution in [1.82, 2.24) is 0 Å². The minimum absolute atomic E-state index is 0.854. The molecule has 53 heavy (non-hydrogen) atoms. The summed E-state index contributed by atoms with van der Waals surface area (Å²) in [6, 6.07) is 66.7. The van der Waals surface area contributed by atoms with Crippen LogP contribution in [0.25, 0.3) is 87.7 Å². The third-order valence-electron chi connectivity index (χ3n) is 10.7. The van der Waals surface area contributed by atoms with Crippen LogP contribution in [0.3, 0.4) is 0 Å². The van der Waals surface area contributed by atoms with Gasteiger partial charge in [-0.1, -0.05) is 140 Å². The number of hydrogen-bond acceptors (Lipinski definition) is 3. The van der Waals surface area contributed by atoms with Gasteiger partial charge in [0.1, 0.15) is 16.7 Å². The van der Waals surface area contributed by atoms with E-state index in [9.17, 15) is 0 Å². The van der Waals surface area contributed by atoms with E-state index in [1.807, 2.05) is 12.1 Å². The molecular weight excluding hydrogens is 647 g/mol. The maximum atomic E-state index is 6.64. The Labute approximate surface area is 305 Å². The van der Waals surface area contributed by atoms with E-state index in [1.165, 1.54) is 27.3 Å². The van der Waals surface area contributed by atoms with Crippen LogP contribution in [0.1, 0.15) is 0 Å². The van der Waals surface area contributed by atoms with E-state index in [2.05, 4.69) is 181 Å². The fourth-order valence-corrected chi connectivity index (χ4v) is 8.21. The average Bonchev–Trinajstić information content (AvgIpc) is 3.81. The quantitative estimate of drug-likeness (QED) is 0.182. The van der Waals surface area contributed by atoms with Gasteiger partial charge in [-0.25, -0.2) is 0 Å². The number of rotatable bonds is 5. The second kappa shape index (κ2) is 11.7. The van der Waals surface area contributed by atoms with E-state index < -0.39 is 0 Å². The van der Waals surface area contributed by atoms with E-state index in [0.29, 0.717) is 0 Å². The van der Waals surface area contributed by atoms with Crippen LogP contribution in [0.2, 0.25) is 0 Å². The van der Waals surface area contributed by atoms with Crippen LogP contribution in [0.15, 0.2) is 197 Å². The summed E-state index contributed by atoms with van der Waals surface area (Å²) in [6.45, 7) is 0. The molecule has 3 heteroatoms. The van der Waals surface area contributed by atoms with Crippen LogP contribution in [0.4, 0.5) is 17.1 Å². The zero-order chi connectivity index (χ0) is 34.9. The molecule has 0 amide bonds. The van der Waals surface area contributed by atoms with E-state index in [4.69, 9.17) is 8.83 Å². The van der Waals surface area contributed by atoms with Crippen molar-refractivity contribution < 1.29 is 8.83 Å². The molecule has 11 aromatic rings. The molecule has 2 heterocycles. The predicted molar refractivity (Wildman–Crippen MR) is 222 cm³/mol. The first-order chi connectivity index (χ1) is 26.3. The zero-order valence-electron chi connectivity index (χ0n) is 28.7. The minimum Gasteiger partial charge on any atom is -0.455 e. The molecule has 0 aliphatic rings. The standard InChI is InChI=1S/C50H31NO2/c1-3-16-38-32(11-1)13-8-19-39(38)34-25-28-36(29-26-34)51(45-22-9-21-43-42-18-5-6-23-46(42)52-50(43)45)37-15-7-14-35(31-37)40-20-10-24-47-48(40)44-30-27-33-12-2-4-17-41(33)49(44)53-47/h1-31H. The predicted octanol–water partition coefficient (Wildman–Crippen LogP) is 14.6. The molecule has 0 atom stereocenters. The maximum absolute atomic E-state index is 6.64. The largest absolute Gasteiger partial charge is 0.455 e. The van der Waals surface area contributed by atoms with Gasteiger partial charge in [-0.3, -0.25) is 0 Å². The summed E-state index contributed by atoms with van der Waals surface area (Å²) < 4.78 is 13.2. The Morgan fingerprint density at radius 1 is 0.340 bits per heavy atom. The molecule has 0 saturated carbocycles. The van der Waals surface area contributed by atoms with Crippen LogP contribution in [0.5, 0.6) is 0 Å². The number of hydrogen-bond donors (Lipinski definition) is 0. The van der Waals surface area contributed by atoms with E-state index in [-0.39, 0.29) is 0 Å². The third kappa shape index (κ3) is 4.68. The first kappa shape index (κ1) is 29.6. The maximum Gasteiger partial charge on any atom is 0.159 e. The summed E-state index contributed by atoms with van der Waals surface area (Å²) in [6.07, 6.45) is 0. The molecule has 11 rings (SSSR count). The topological polar surface area (TPSA) is 29.5 Å². The van der Waals surface area contributed by atoms with Crippen LogP contribution < -0.4 is 4.90 Å². The molecule has 0 spiro atoms. The highest BCUT2D eigenvalue weighted by atomic mass is 16.3. The highest BCUT2D eigenvalue weighted by Crippen LogP contribution is 2.45. The van der Waals surface area contributed by atoms with Crippen molar-refractivity contribution in [1.29, 1.82) is 0 Å². The summed E-state index contributed by atoms with van der Waals surface area (Å²) in [5, 5.41) is 9.21. The Balaban J connectivity index is 1.11. The molecule has 0 aliphatic heterocycles. The van der Waals surface area contributed by atoms with Crippen molar-refractivity contribution in [2.75, 3.05) is 4.90 Å². The highest BCUT2D eigenvalue weighted by Gasteiger charge is 2.21. The van der Waals surface area contributed by atoms with Crippen LogP contribution >= 0.6 is 0 Å². The molecule has 0 saturated heterocycles. The Kier molecular flexibility index (Phi) is 6.55. The molecule has 248 valence electrons. The van der Waals surface area contributed by atoms with Gasteiger partial charge in [0.2, 0.25) is 0 Å². The Bertz CT molecular complexity index is 3180. The average molecular weight is 678 g/mol. The Morgan fingerprint density at radius 3 is 1.87 bits per heavy atom. The van der Waals surface area contributed by atoms with Crippen molar-refractivity contribution in [2.24, 2.45) is 0 Å². The second-order valence-electron chi connectivity index (χ2n) is 13.7. The summed E-state index contributed by atoms with van der Waals surface area (Å²) in [5.74, 6) is 0. The highest BCUT2D eigenvalue weighted by molar-refractivity contribution is 6.19. The van der Waals surface area contributed by atoms with Crippen LogP contribution in [-0.2, 0) is 0 Å². The second-order valence-corrected chi connectivity index (χ2v) is 13.7. The SMILES string of the molecule is c1cc(-c2cccc3oc4c5ccccc5ccc4c23)cc(N(c2ccc(-c3cccc4ccccc34)cc2)c2cccc3c2oc2ccccc23)c1. The van der Waals surface area contributed by atoms with Crippen molar-refractivity contribution in [2.45, 2.75) is 0 Å². The first-order valence-electron chi connectivity index (χ1n) is 18.0. The van der Waals surface area contributed by atoms with Gasteiger partial charge in [-0.2, -0.15) is 0 Å². The van der Waals surface area contributed by atoms with Crippen LogP contribution in [0, 0.1) is 0 Å². The van der Waals surface area contributed by atoms with E-state index in [0.717, 1.165) is 77.5 Å². The molecular formula is C50H31NO2. The zero-order valence-corrected chi connectivity index (χ0v) is 28.7. The van der Waals surface area contributed by atoms with Gasteiger partial charge in [0, 0.05) is 38.3 Å². The monoisotopic (exact) mass is 677 g/mol. The number of anilines is 3. The van der Waals surface area contributed by atoms with Crippen molar-refractivity contribution in [3.63, 3.8) is 0 Å². The summed E-state index contributed by atoms with van der Waals surface area (Å²) in [7, 11) is 0. The lowest BCUT2D eigenvalue weighted by molar-refractivity contribution is 0.669. The lowest BCUT2D eigenvalue weighted by Crippen LogP contribution is -2.10. The van der Waals surface area contributed by atoms with Gasteiger partial charge < -0.3 is 13.7 Å². The van der Waals surface area contributed by atoms with Crippen molar-refractivity contribution >= 4 is 82.5 Å². The Hall–Kier alpha value is -7.10. The van der Waals surface area contributed by atoms with Crippen molar-refractivity contribution in [3.05, 3.63) is 188 Å². The fraction of sp³-hybridized carbons (Fsp3) is 0. The lowest BCUT2D eigenvalue weighted by atomic mass is 9.97. The van der Waals surface area contributed by atoms with Gasteiger partial charge in [-0.05, 0) is 86.9 Å². The summed E-state index contributed by atoms with van der Waals surface area (Å²) in [5.41, 5.74) is 11.2. The number of furan rings is 2. The van der Waals surface area contributed by atoms with Gasteiger partial charge in [0.05, 0.1) is 5.69 Å². The molecule has 0 N–H and O–H groups in total. The number of nitrogens with zero attached hydrogens (tertiary/aromatic N) is 1. The number of para-hydroxylation sites is 2. The van der Waals surface area contributed by atoms with Gasteiger partial charge in [0.25, 0.3) is 0 Å². The van der Waals surface area contributed by atoms with Crippen molar-refractivity contribution in [3.8, 4) is 22.3 Å². The summed E-state index contributed by atoms with van der Waals surface area (Å²) in [4.78, 5) is 2.32. The van der Waals surface area contributed by atoms with E-state index in [1.54, 1.807) is 0 Å².